The summed E-state index contributed by atoms with van der Waals surface area (Å²) in [5.74, 6) is 2.34. The van der Waals surface area contributed by atoms with Crippen LogP contribution in [0.2, 0.25) is 0 Å². The molecule has 1 aliphatic carbocycles. The van der Waals surface area contributed by atoms with Gasteiger partial charge in [-0.05, 0) is 49.7 Å². The fourth-order valence-corrected chi connectivity index (χ4v) is 4.95. The van der Waals surface area contributed by atoms with Crippen LogP contribution in [-0.4, -0.2) is 60.8 Å². The number of aliphatic imine (C=N–C) groups is 1. The summed E-state index contributed by atoms with van der Waals surface area (Å²) < 4.78 is 0. The fraction of sp³-hybridized carbons (Fsp3) is 0.591. The normalized spacial score (nSPS) is 23.7. The first-order valence-corrected chi connectivity index (χ1v) is 10.6. The number of benzene rings is 1. The molecule has 0 bridgehead atoms. The molecule has 2 atom stereocenters. The zero-order valence-corrected chi connectivity index (χ0v) is 19.4. The van der Waals surface area contributed by atoms with E-state index in [0.29, 0.717) is 17.7 Å². The Balaban J connectivity index is 0.00000240. The Kier molecular flexibility index (Phi) is 7.54. The number of guanidine groups is 1. The van der Waals surface area contributed by atoms with E-state index in [0.717, 1.165) is 50.3 Å². The maximum atomic E-state index is 12.4. The lowest BCUT2D eigenvalue weighted by atomic mass is 9.82. The first-order valence-electron chi connectivity index (χ1n) is 10.6. The molecule has 4 rings (SSSR count). The second-order valence-corrected chi connectivity index (χ2v) is 8.20. The highest BCUT2D eigenvalue weighted by molar-refractivity contribution is 14.0. The largest absolute Gasteiger partial charge is 0.356 e. The van der Waals surface area contributed by atoms with Gasteiger partial charge in [0.2, 0.25) is 0 Å². The summed E-state index contributed by atoms with van der Waals surface area (Å²) in [4.78, 5) is 33.0. The Morgan fingerprint density at radius 3 is 2.17 bits per heavy atom. The third-order valence-corrected chi connectivity index (χ3v) is 6.46. The third-order valence-electron chi connectivity index (χ3n) is 6.46. The first-order chi connectivity index (χ1) is 13.7. The van der Waals surface area contributed by atoms with Crippen molar-refractivity contribution in [3.05, 3.63) is 35.4 Å². The summed E-state index contributed by atoms with van der Waals surface area (Å²) >= 11 is 0. The van der Waals surface area contributed by atoms with Gasteiger partial charge >= 0.3 is 0 Å². The number of hydrogen-bond acceptors (Lipinski definition) is 3. The minimum Gasteiger partial charge on any atom is -0.356 e. The van der Waals surface area contributed by atoms with Crippen molar-refractivity contribution >= 4 is 41.8 Å². The molecule has 1 saturated heterocycles. The molecule has 2 amide bonds. The second kappa shape index (κ2) is 9.91. The Morgan fingerprint density at radius 2 is 1.62 bits per heavy atom. The van der Waals surface area contributed by atoms with Gasteiger partial charge in [-0.25, -0.2) is 0 Å². The summed E-state index contributed by atoms with van der Waals surface area (Å²) in [6.45, 7) is 3.53. The van der Waals surface area contributed by atoms with Crippen molar-refractivity contribution in [2.75, 3.05) is 33.2 Å². The van der Waals surface area contributed by atoms with Gasteiger partial charge in [-0.15, -0.1) is 24.0 Å². The molecule has 1 aromatic rings. The molecule has 0 spiro atoms. The fourth-order valence-electron chi connectivity index (χ4n) is 4.95. The number of unbranched alkanes of at least 4 members (excludes halogenated alkanes) is 1. The highest BCUT2D eigenvalue weighted by Crippen LogP contribution is 2.35. The summed E-state index contributed by atoms with van der Waals surface area (Å²) in [5, 5.41) is 3.47. The predicted molar refractivity (Wildman–Crippen MR) is 125 cm³/mol. The van der Waals surface area contributed by atoms with Crippen molar-refractivity contribution in [1.29, 1.82) is 0 Å². The average molecular weight is 510 g/mol. The van der Waals surface area contributed by atoms with Gasteiger partial charge in [-0.1, -0.05) is 25.0 Å². The monoisotopic (exact) mass is 510 g/mol. The van der Waals surface area contributed by atoms with E-state index >= 15 is 0 Å². The zero-order chi connectivity index (χ0) is 19.5. The zero-order valence-electron chi connectivity index (χ0n) is 17.1. The van der Waals surface area contributed by atoms with E-state index in [-0.39, 0.29) is 35.8 Å². The molecule has 158 valence electrons. The predicted octanol–water partition coefficient (Wildman–Crippen LogP) is 3.38. The maximum Gasteiger partial charge on any atom is 0.261 e. The van der Waals surface area contributed by atoms with E-state index < -0.39 is 0 Å². The minimum absolute atomic E-state index is 0. The number of likely N-dealkylation sites (tertiary alicyclic amines) is 1. The molecule has 1 saturated carbocycles. The van der Waals surface area contributed by atoms with E-state index in [1.54, 1.807) is 24.3 Å². The standard InChI is InChI=1S/C22H30N4O2.HI/c1-23-22(25-14-16-8-2-3-9-17(16)15-25)24-12-6-7-13-26-20(27)18-10-4-5-11-19(18)21(26)28;/h4-5,10-11,16-17H,2-3,6-9,12-15H2,1H3,(H,23,24);1H. The molecule has 2 fully saturated rings. The number of carbonyl (C=O) groups excluding carboxylic acids is 2. The lowest BCUT2D eigenvalue weighted by Crippen LogP contribution is -2.40. The van der Waals surface area contributed by atoms with E-state index in [1.807, 2.05) is 7.05 Å². The van der Waals surface area contributed by atoms with Crippen molar-refractivity contribution < 1.29 is 9.59 Å². The van der Waals surface area contributed by atoms with Crippen LogP contribution < -0.4 is 5.32 Å². The van der Waals surface area contributed by atoms with Gasteiger partial charge in [0.1, 0.15) is 0 Å². The molecule has 2 unspecified atom stereocenters. The minimum atomic E-state index is -0.163. The van der Waals surface area contributed by atoms with Gasteiger partial charge in [0.25, 0.3) is 11.8 Å². The molecule has 3 aliphatic rings. The number of carbonyl (C=O) groups is 2. The Labute approximate surface area is 190 Å². The number of rotatable bonds is 5. The highest BCUT2D eigenvalue weighted by atomic mass is 127. The first kappa shape index (κ1) is 22.1. The number of halogens is 1. The number of amides is 2. The van der Waals surface area contributed by atoms with Crippen LogP contribution in [0, 0.1) is 11.8 Å². The molecule has 1 aromatic carbocycles. The van der Waals surface area contributed by atoms with Crippen molar-refractivity contribution in [2.24, 2.45) is 16.8 Å². The Bertz CT molecular complexity index is 733. The number of imide groups is 1. The van der Waals surface area contributed by atoms with Crippen LogP contribution in [0.15, 0.2) is 29.3 Å². The molecular formula is C22H31IN4O2. The van der Waals surface area contributed by atoms with Crippen LogP contribution in [-0.2, 0) is 0 Å². The summed E-state index contributed by atoms with van der Waals surface area (Å²) in [7, 11) is 1.85. The summed E-state index contributed by atoms with van der Waals surface area (Å²) in [6.07, 6.45) is 7.16. The van der Waals surface area contributed by atoms with E-state index in [9.17, 15) is 9.59 Å². The lowest BCUT2D eigenvalue weighted by Gasteiger charge is -2.22. The Morgan fingerprint density at radius 1 is 1.03 bits per heavy atom. The van der Waals surface area contributed by atoms with Crippen LogP contribution in [0.3, 0.4) is 0 Å². The second-order valence-electron chi connectivity index (χ2n) is 8.20. The van der Waals surface area contributed by atoms with E-state index in [1.165, 1.54) is 30.6 Å². The summed E-state index contributed by atoms with van der Waals surface area (Å²) in [5.41, 5.74) is 1.06. The highest BCUT2D eigenvalue weighted by Gasteiger charge is 2.36. The SMILES string of the molecule is CN=C(NCCCCN1C(=O)c2ccccc2C1=O)N1CC2CCCCC2C1.I. The quantitative estimate of drug-likeness (QED) is 0.217. The van der Waals surface area contributed by atoms with Crippen LogP contribution in [0.25, 0.3) is 0 Å². The number of nitrogens with zero attached hydrogens (tertiary/aromatic N) is 3. The van der Waals surface area contributed by atoms with Crippen LogP contribution in [0.5, 0.6) is 0 Å². The molecule has 2 aliphatic heterocycles. The number of fused-ring (bicyclic) bond motifs is 2. The van der Waals surface area contributed by atoms with Gasteiger partial charge in [-0.2, -0.15) is 0 Å². The molecule has 7 heteroatoms. The van der Waals surface area contributed by atoms with Crippen molar-refractivity contribution in [2.45, 2.75) is 38.5 Å². The molecule has 0 aromatic heterocycles. The third kappa shape index (κ3) is 4.59. The number of hydrogen-bond donors (Lipinski definition) is 1. The molecule has 6 nitrogen and oxygen atoms in total. The maximum absolute atomic E-state index is 12.4. The molecule has 29 heavy (non-hydrogen) atoms. The smallest absolute Gasteiger partial charge is 0.261 e. The lowest BCUT2D eigenvalue weighted by molar-refractivity contribution is 0.0652. The van der Waals surface area contributed by atoms with Crippen LogP contribution >= 0.6 is 24.0 Å². The molecule has 2 heterocycles. The molecule has 1 N–H and O–H groups in total. The van der Waals surface area contributed by atoms with E-state index in [2.05, 4.69) is 15.2 Å². The summed E-state index contributed by atoms with van der Waals surface area (Å²) in [6, 6.07) is 7.07. The number of nitrogens with one attached hydrogen (secondary N) is 1. The average Bonchev–Trinajstić information content (AvgIpc) is 3.25. The molecule has 0 radical (unpaired) electrons. The topological polar surface area (TPSA) is 65.0 Å². The van der Waals surface area contributed by atoms with Gasteiger partial charge in [0.05, 0.1) is 11.1 Å². The van der Waals surface area contributed by atoms with Gasteiger partial charge in [0, 0.05) is 33.2 Å². The van der Waals surface area contributed by atoms with Crippen molar-refractivity contribution in [3.8, 4) is 0 Å². The van der Waals surface area contributed by atoms with Crippen LogP contribution in [0.1, 0.15) is 59.2 Å². The van der Waals surface area contributed by atoms with Crippen molar-refractivity contribution in [3.63, 3.8) is 0 Å². The van der Waals surface area contributed by atoms with Gasteiger partial charge in [-0.3, -0.25) is 19.5 Å². The van der Waals surface area contributed by atoms with Crippen LogP contribution in [0.4, 0.5) is 0 Å². The van der Waals surface area contributed by atoms with Gasteiger partial charge in [0.15, 0.2) is 5.96 Å². The van der Waals surface area contributed by atoms with Crippen molar-refractivity contribution in [1.82, 2.24) is 15.1 Å². The van der Waals surface area contributed by atoms with Gasteiger partial charge < -0.3 is 10.2 Å². The molecular weight excluding hydrogens is 479 g/mol. The Hall–Kier alpha value is -1.64. The van der Waals surface area contributed by atoms with E-state index in [4.69, 9.17) is 0 Å².